The predicted octanol–water partition coefficient (Wildman–Crippen LogP) is 2.08. The zero-order valence-electron chi connectivity index (χ0n) is 7.26. The number of thioether (sulfide) groups is 1. The normalized spacial score (nSPS) is 9.64. The van der Waals surface area contributed by atoms with Gasteiger partial charge in [0.05, 0.1) is 6.61 Å². The molecule has 0 saturated heterocycles. The predicted molar refractivity (Wildman–Crippen MR) is 48.9 cm³/mol. The summed E-state index contributed by atoms with van der Waals surface area (Å²) in [5.74, 6) is 2.13. The highest BCUT2D eigenvalue weighted by molar-refractivity contribution is 7.99. The number of carbonyl (C=O) groups excluding carboxylic acids is 1. The molecule has 0 amide bonds. The van der Waals surface area contributed by atoms with Crippen LogP contribution in [0, 0.1) is 0 Å². The number of hydrogen-bond acceptors (Lipinski definition) is 3. The van der Waals surface area contributed by atoms with E-state index in [4.69, 9.17) is 4.74 Å². The average molecular weight is 176 g/mol. The lowest BCUT2D eigenvalue weighted by Crippen LogP contribution is -2.03. The molecular weight excluding hydrogens is 160 g/mol. The Kier molecular flexibility index (Phi) is 7.79. The van der Waals surface area contributed by atoms with Crippen LogP contribution in [0.25, 0.3) is 0 Å². The van der Waals surface area contributed by atoms with Crippen LogP contribution in [0.5, 0.6) is 0 Å². The van der Waals surface area contributed by atoms with Crippen molar-refractivity contribution in [1.82, 2.24) is 0 Å². The van der Waals surface area contributed by atoms with Crippen LogP contribution in [-0.4, -0.2) is 24.1 Å². The van der Waals surface area contributed by atoms with Crippen molar-refractivity contribution < 1.29 is 9.53 Å². The molecule has 0 rings (SSSR count). The minimum absolute atomic E-state index is 0.0656. The van der Waals surface area contributed by atoms with Gasteiger partial charge in [-0.3, -0.25) is 4.79 Å². The zero-order valence-corrected chi connectivity index (χ0v) is 8.08. The molecule has 0 aliphatic rings. The van der Waals surface area contributed by atoms with E-state index >= 15 is 0 Å². The second-order valence-electron chi connectivity index (χ2n) is 2.11. The smallest absolute Gasteiger partial charge is 0.305 e. The van der Waals surface area contributed by atoms with Crippen molar-refractivity contribution in [3.8, 4) is 0 Å². The number of hydrogen-bond donors (Lipinski definition) is 0. The Morgan fingerprint density at radius 1 is 1.45 bits per heavy atom. The fraction of sp³-hybridized carbons (Fsp3) is 0.875. The Morgan fingerprint density at radius 2 is 2.18 bits per heavy atom. The molecule has 0 spiro atoms. The summed E-state index contributed by atoms with van der Waals surface area (Å²) in [6, 6.07) is 0. The molecule has 0 saturated carbocycles. The summed E-state index contributed by atoms with van der Waals surface area (Å²) in [6.45, 7) is 4.45. The van der Waals surface area contributed by atoms with Crippen LogP contribution in [0.3, 0.4) is 0 Å². The summed E-state index contributed by atoms with van der Waals surface area (Å²) in [5.41, 5.74) is 0. The quantitative estimate of drug-likeness (QED) is 0.458. The van der Waals surface area contributed by atoms with Crippen molar-refractivity contribution in [3.63, 3.8) is 0 Å². The number of rotatable bonds is 6. The van der Waals surface area contributed by atoms with Gasteiger partial charge in [0.25, 0.3) is 0 Å². The van der Waals surface area contributed by atoms with E-state index in [1.807, 2.05) is 18.7 Å². The van der Waals surface area contributed by atoms with Gasteiger partial charge in [0.1, 0.15) is 0 Å². The van der Waals surface area contributed by atoms with Crippen LogP contribution >= 0.6 is 11.8 Å². The fourth-order valence-corrected chi connectivity index (χ4v) is 1.33. The van der Waals surface area contributed by atoms with Gasteiger partial charge in [0.15, 0.2) is 0 Å². The van der Waals surface area contributed by atoms with Gasteiger partial charge in [-0.2, -0.15) is 11.8 Å². The lowest BCUT2D eigenvalue weighted by atomic mass is 10.3. The highest BCUT2D eigenvalue weighted by atomic mass is 32.2. The molecule has 0 N–H and O–H groups in total. The molecule has 2 nitrogen and oxygen atoms in total. The van der Waals surface area contributed by atoms with E-state index in [9.17, 15) is 4.79 Å². The molecule has 0 aromatic rings. The Bertz CT molecular complexity index is 104. The molecule has 0 aliphatic carbocycles. The van der Waals surface area contributed by atoms with Gasteiger partial charge in [-0.15, -0.1) is 0 Å². The fourth-order valence-electron chi connectivity index (χ4n) is 0.696. The molecular formula is C8H16O2S. The topological polar surface area (TPSA) is 26.3 Å². The van der Waals surface area contributed by atoms with Gasteiger partial charge >= 0.3 is 5.97 Å². The SMILES string of the molecule is CCOC(=O)CCCSCC. The molecule has 0 bridgehead atoms. The Morgan fingerprint density at radius 3 is 2.73 bits per heavy atom. The zero-order chi connectivity index (χ0) is 8.53. The summed E-state index contributed by atoms with van der Waals surface area (Å²) in [4.78, 5) is 10.8. The highest BCUT2D eigenvalue weighted by Gasteiger charge is 1.99. The van der Waals surface area contributed by atoms with E-state index in [2.05, 4.69) is 6.92 Å². The minimum atomic E-state index is -0.0656. The van der Waals surface area contributed by atoms with Crippen LogP contribution < -0.4 is 0 Å². The van der Waals surface area contributed by atoms with Gasteiger partial charge in [-0.1, -0.05) is 6.92 Å². The van der Waals surface area contributed by atoms with Gasteiger partial charge in [0.2, 0.25) is 0 Å². The third-order valence-corrected chi connectivity index (χ3v) is 2.16. The third kappa shape index (κ3) is 7.72. The molecule has 0 heterocycles. The van der Waals surface area contributed by atoms with Crippen LogP contribution in [0.15, 0.2) is 0 Å². The van der Waals surface area contributed by atoms with Crippen molar-refractivity contribution in [2.45, 2.75) is 26.7 Å². The largest absolute Gasteiger partial charge is 0.466 e. The number of ether oxygens (including phenoxy) is 1. The molecule has 3 heteroatoms. The molecule has 0 aromatic carbocycles. The van der Waals surface area contributed by atoms with Crippen LogP contribution in [-0.2, 0) is 9.53 Å². The molecule has 0 unspecified atom stereocenters. The van der Waals surface area contributed by atoms with Crippen molar-refractivity contribution >= 4 is 17.7 Å². The maximum absolute atomic E-state index is 10.8. The second kappa shape index (κ2) is 7.92. The summed E-state index contributed by atoms with van der Waals surface area (Å²) in [6.07, 6.45) is 1.51. The first-order valence-corrected chi connectivity index (χ1v) is 5.20. The molecule has 0 aromatic heterocycles. The lowest BCUT2D eigenvalue weighted by Gasteiger charge is -2.00. The van der Waals surface area contributed by atoms with Crippen molar-refractivity contribution in [2.75, 3.05) is 18.1 Å². The van der Waals surface area contributed by atoms with Gasteiger partial charge < -0.3 is 4.74 Å². The molecule has 0 fully saturated rings. The summed E-state index contributed by atoms with van der Waals surface area (Å²) >= 11 is 1.86. The van der Waals surface area contributed by atoms with Crippen LogP contribution in [0.2, 0.25) is 0 Å². The van der Waals surface area contributed by atoms with Crippen molar-refractivity contribution in [2.24, 2.45) is 0 Å². The van der Waals surface area contributed by atoms with Crippen molar-refractivity contribution in [3.05, 3.63) is 0 Å². The Hall–Kier alpha value is -0.180. The molecule has 0 aliphatic heterocycles. The van der Waals surface area contributed by atoms with Crippen molar-refractivity contribution in [1.29, 1.82) is 0 Å². The number of carbonyl (C=O) groups is 1. The van der Waals surface area contributed by atoms with Gasteiger partial charge in [-0.05, 0) is 24.9 Å². The number of esters is 1. The average Bonchev–Trinajstić information content (AvgIpc) is 1.99. The van der Waals surface area contributed by atoms with E-state index in [0.717, 1.165) is 17.9 Å². The van der Waals surface area contributed by atoms with Gasteiger partial charge in [-0.25, -0.2) is 0 Å². The van der Waals surface area contributed by atoms with E-state index in [1.54, 1.807) is 0 Å². The second-order valence-corrected chi connectivity index (χ2v) is 3.50. The van der Waals surface area contributed by atoms with Crippen LogP contribution in [0.4, 0.5) is 0 Å². The lowest BCUT2D eigenvalue weighted by molar-refractivity contribution is -0.143. The Balaban J connectivity index is 3.04. The Labute approximate surface area is 72.7 Å². The maximum Gasteiger partial charge on any atom is 0.305 e. The summed E-state index contributed by atoms with van der Waals surface area (Å²) in [7, 11) is 0. The van der Waals surface area contributed by atoms with Gasteiger partial charge in [0, 0.05) is 6.42 Å². The monoisotopic (exact) mass is 176 g/mol. The molecule has 66 valence electrons. The first kappa shape index (κ1) is 10.8. The standard InChI is InChI=1S/C8H16O2S/c1-3-10-8(9)6-5-7-11-4-2/h3-7H2,1-2H3. The molecule has 0 atom stereocenters. The first-order chi connectivity index (χ1) is 5.31. The molecule has 11 heavy (non-hydrogen) atoms. The van der Waals surface area contributed by atoms with E-state index in [-0.39, 0.29) is 5.97 Å². The highest BCUT2D eigenvalue weighted by Crippen LogP contribution is 2.03. The minimum Gasteiger partial charge on any atom is -0.466 e. The molecule has 0 radical (unpaired) electrons. The third-order valence-electron chi connectivity index (χ3n) is 1.18. The van der Waals surface area contributed by atoms with E-state index < -0.39 is 0 Å². The van der Waals surface area contributed by atoms with E-state index in [0.29, 0.717) is 13.0 Å². The van der Waals surface area contributed by atoms with Crippen LogP contribution in [0.1, 0.15) is 26.7 Å². The maximum atomic E-state index is 10.8. The first-order valence-electron chi connectivity index (χ1n) is 4.04. The summed E-state index contributed by atoms with van der Waals surface area (Å²) < 4.78 is 4.77. The van der Waals surface area contributed by atoms with E-state index in [1.165, 1.54) is 0 Å². The summed E-state index contributed by atoms with van der Waals surface area (Å²) in [5, 5.41) is 0.